The molecule has 4 nitrogen and oxygen atoms in total. The van der Waals surface area contributed by atoms with E-state index in [9.17, 15) is 5.11 Å². The Hall–Kier alpha value is -1.13. The number of ether oxygens (including phenoxy) is 2. The fraction of sp³-hybridized carbons (Fsp3) is 0.571. The van der Waals surface area contributed by atoms with Crippen LogP contribution in [0.4, 0.5) is 0 Å². The number of benzene rings is 1. The van der Waals surface area contributed by atoms with Crippen LogP contribution >= 0.6 is 11.6 Å². The van der Waals surface area contributed by atoms with E-state index in [4.69, 9.17) is 21.1 Å². The van der Waals surface area contributed by atoms with Crippen LogP contribution in [0.1, 0.15) is 24.8 Å². The summed E-state index contributed by atoms with van der Waals surface area (Å²) in [6, 6.07) is 2.19. The monoisotopic (exact) mass is 285 g/mol. The Bertz CT molecular complexity index is 445. The van der Waals surface area contributed by atoms with E-state index in [0.717, 1.165) is 24.9 Å². The predicted molar refractivity (Wildman–Crippen MR) is 75.6 cm³/mol. The van der Waals surface area contributed by atoms with Gasteiger partial charge in [-0.2, -0.15) is 0 Å². The van der Waals surface area contributed by atoms with Crippen LogP contribution < -0.4 is 14.8 Å². The van der Waals surface area contributed by atoms with Gasteiger partial charge in [0.15, 0.2) is 11.5 Å². The molecule has 1 unspecified atom stereocenters. The molecule has 19 heavy (non-hydrogen) atoms. The molecule has 0 spiro atoms. The van der Waals surface area contributed by atoms with Crippen molar-refractivity contribution in [3.63, 3.8) is 0 Å². The van der Waals surface area contributed by atoms with Crippen LogP contribution in [0.3, 0.4) is 0 Å². The number of phenols is 1. The molecule has 0 radical (unpaired) electrons. The summed E-state index contributed by atoms with van der Waals surface area (Å²) < 4.78 is 10.4. The molecular weight excluding hydrogens is 266 g/mol. The van der Waals surface area contributed by atoms with Crippen LogP contribution in [-0.4, -0.2) is 31.9 Å². The quantitative estimate of drug-likeness (QED) is 0.893. The van der Waals surface area contributed by atoms with Crippen molar-refractivity contribution >= 4 is 11.6 Å². The Balaban J connectivity index is 2.26. The zero-order valence-corrected chi connectivity index (χ0v) is 12.1. The van der Waals surface area contributed by atoms with Crippen molar-refractivity contribution in [1.82, 2.24) is 5.32 Å². The van der Waals surface area contributed by atoms with Crippen molar-refractivity contribution in [2.75, 3.05) is 20.8 Å². The smallest absolute Gasteiger partial charge is 0.183 e. The number of phenolic OH excluding ortho intramolecular Hbond substituents is 1. The highest BCUT2D eigenvalue weighted by molar-refractivity contribution is 6.33. The third kappa shape index (κ3) is 3.07. The number of hydrogen-bond donors (Lipinski definition) is 2. The molecule has 1 fully saturated rings. The number of aromatic hydroxyl groups is 1. The molecule has 0 bridgehead atoms. The molecule has 0 aromatic heterocycles. The second-order valence-corrected chi connectivity index (χ2v) is 5.16. The maximum absolute atomic E-state index is 10.2. The molecule has 0 saturated carbocycles. The minimum atomic E-state index is 0.0895. The molecule has 1 heterocycles. The van der Waals surface area contributed by atoms with E-state index >= 15 is 0 Å². The summed E-state index contributed by atoms with van der Waals surface area (Å²) in [6.07, 6.45) is 4.30. The molecule has 1 aromatic rings. The van der Waals surface area contributed by atoms with Crippen LogP contribution in [0, 0.1) is 0 Å². The number of halogens is 1. The Labute approximate surface area is 118 Å². The van der Waals surface area contributed by atoms with Crippen molar-refractivity contribution in [2.45, 2.75) is 31.7 Å². The third-order valence-corrected chi connectivity index (χ3v) is 3.89. The normalized spacial score (nSPS) is 19.2. The van der Waals surface area contributed by atoms with Gasteiger partial charge in [0.05, 0.1) is 14.2 Å². The molecule has 1 atom stereocenters. The fourth-order valence-electron chi connectivity index (χ4n) is 2.51. The first-order valence-corrected chi connectivity index (χ1v) is 6.90. The molecule has 2 N–H and O–H groups in total. The SMILES string of the molecule is COc1cc(CC2CCCCN2)c(O)c(Cl)c1OC. The number of rotatable bonds is 4. The van der Waals surface area contributed by atoms with Gasteiger partial charge in [0, 0.05) is 11.6 Å². The lowest BCUT2D eigenvalue weighted by atomic mass is 9.97. The second-order valence-electron chi connectivity index (χ2n) is 4.78. The highest BCUT2D eigenvalue weighted by atomic mass is 35.5. The highest BCUT2D eigenvalue weighted by Gasteiger charge is 2.21. The van der Waals surface area contributed by atoms with E-state index in [0.29, 0.717) is 17.5 Å². The lowest BCUT2D eigenvalue weighted by Crippen LogP contribution is -2.35. The van der Waals surface area contributed by atoms with Gasteiger partial charge in [-0.05, 0) is 31.9 Å². The zero-order chi connectivity index (χ0) is 13.8. The lowest BCUT2D eigenvalue weighted by molar-refractivity contribution is 0.348. The molecule has 2 rings (SSSR count). The van der Waals surface area contributed by atoms with E-state index in [1.807, 2.05) is 0 Å². The Morgan fingerprint density at radius 1 is 1.37 bits per heavy atom. The largest absolute Gasteiger partial charge is 0.506 e. The predicted octanol–water partition coefficient (Wildman–Crippen LogP) is 2.75. The van der Waals surface area contributed by atoms with Crippen LogP contribution in [-0.2, 0) is 6.42 Å². The number of methoxy groups -OCH3 is 2. The Morgan fingerprint density at radius 3 is 2.74 bits per heavy atom. The van der Waals surface area contributed by atoms with E-state index in [1.165, 1.54) is 20.0 Å². The third-order valence-electron chi connectivity index (χ3n) is 3.54. The van der Waals surface area contributed by atoms with Gasteiger partial charge < -0.3 is 19.9 Å². The molecule has 106 valence electrons. The van der Waals surface area contributed by atoms with Gasteiger partial charge in [-0.3, -0.25) is 0 Å². The minimum Gasteiger partial charge on any atom is -0.506 e. The van der Waals surface area contributed by atoms with Gasteiger partial charge in [0.1, 0.15) is 10.8 Å². The summed E-state index contributed by atoms with van der Waals surface area (Å²) in [5.41, 5.74) is 0.794. The molecular formula is C14H20ClNO3. The maximum Gasteiger partial charge on any atom is 0.183 e. The van der Waals surface area contributed by atoms with Crippen LogP contribution in [0.5, 0.6) is 17.2 Å². The first-order valence-electron chi connectivity index (χ1n) is 6.53. The number of hydrogen-bond acceptors (Lipinski definition) is 4. The molecule has 1 aliphatic rings. The average Bonchev–Trinajstić information content (AvgIpc) is 2.45. The Kier molecular flexibility index (Phi) is 4.77. The van der Waals surface area contributed by atoms with Crippen molar-refractivity contribution in [3.8, 4) is 17.2 Å². The second kappa shape index (κ2) is 6.35. The maximum atomic E-state index is 10.2. The van der Waals surface area contributed by atoms with Crippen LogP contribution in [0.15, 0.2) is 6.07 Å². The summed E-state index contributed by atoms with van der Waals surface area (Å²) in [6.45, 7) is 1.03. The summed E-state index contributed by atoms with van der Waals surface area (Å²) in [7, 11) is 3.07. The molecule has 0 aliphatic carbocycles. The van der Waals surface area contributed by atoms with E-state index in [1.54, 1.807) is 13.2 Å². The number of piperidine rings is 1. The minimum absolute atomic E-state index is 0.0895. The fourth-order valence-corrected chi connectivity index (χ4v) is 2.80. The van der Waals surface area contributed by atoms with Crippen molar-refractivity contribution in [1.29, 1.82) is 0 Å². The van der Waals surface area contributed by atoms with E-state index in [-0.39, 0.29) is 10.8 Å². The van der Waals surface area contributed by atoms with Gasteiger partial charge in [-0.1, -0.05) is 18.0 Å². The van der Waals surface area contributed by atoms with E-state index < -0.39 is 0 Å². The summed E-state index contributed by atoms with van der Waals surface area (Å²) in [4.78, 5) is 0. The van der Waals surface area contributed by atoms with Gasteiger partial charge in [-0.25, -0.2) is 0 Å². The lowest BCUT2D eigenvalue weighted by Gasteiger charge is -2.24. The van der Waals surface area contributed by atoms with Crippen LogP contribution in [0.25, 0.3) is 0 Å². The van der Waals surface area contributed by atoms with Crippen molar-refractivity contribution < 1.29 is 14.6 Å². The van der Waals surface area contributed by atoms with E-state index in [2.05, 4.69) is 5.32 Å². The Morgan fingerprint density at radius 2 is 2.16 bits per heavy atom. The summed E-state index contributed by atoms with van der Waals surface area (Å²) >= 11 is 6.12. The molecule has 1 saturated heterocycles. The van der Waals surface area contributed by atoms with Gasteiger partial charge in [0.2, 0.25) is 0 Å². The average molecular weight is 286 g/mol. The first kappa shape index (κ1) is 14.3. The van der Waals surface area contributed by atoms with Crippen LogP contribution in [0.2, 0.25) is 5.02 Å². The van der Waals surface area contributed by atoms with Crippen molar-refractivity contribution in [3.05, 3.63) is 16.7 Å². The molecule has 1 aliphatic heterocycles. The van der Waals surface area contributed by atoms with Gasteiger partial charge >= 0.3 is 0 Å². The van der Waals surface area contributed by atoms with Gasteiger partial charge in [0.25, 0.3) is 0 Å². The van der Waals surface area contributed by atoms with Gasteiger partial charge in [-0.15, -0.1) is 0 Å². The molecule has 0 amide bonds. The number of nitrogens with one attached hydrogen (secondary N) is 1. The first-order chi connectivity index (χ1) is 9.17. The summed E-state index contributed by atoms with van der Waals surface area (Å²) in [5, 5.41) is 13.8. The molecule has 1 aromatic carbocycles. The molecule has 5 heteroatoms. The highest BCUT2D eigenvalue weighted by Crippen LogP contribution is 2.43. The zero-order valence-electron chi connectivity index (χ0n) is 11.3. The standard InChI is InChI=1S/C14H20ClNO3/c1-18-11-8-9(7-10-5-3-4-6-16-10)13(17)12(15)14(11)19-2/h8,10,16-17H,3-7H2,1-2H3. The summed E-state index contributed by atoms with van der Waals surface area (Å²) in [5.74, 6) is 1.02. The van der Waals surface area contributed by atoms with Crippen molar-refractivity contribution in [2.24, 2.45) is 0 Å². The topological polar surface area (TPSA) is 50.7 Å².